The van der Waals surface area contributed by atoms with Crippen LogP contribution >= 0.6 is 0 Å². The van der Waals surface area contributed by atoms with Crippen molar-refractivity contribution in [1.82, 2.24) is 0 Å². The first-order chi connectivity index (χ1) is 6.03. The number of ether oxygens (including phenoxy) is 1. The molecule has 0 aromatic heterocycles. The highest BCUT2D eigenvalue weighted by atomic mass is 19.4. The van der Waals surface area contributed by atoms with Crippen LogP contribution in [0.25, 0.3) is 0 Å². The zero-order chi connectivity index (χ0) is 9.90. The number of alkyl halides is 3. The van der Waals surface area contributed by atoms with Crippen LogP contribution < -0.4 is 4.74 Å². The Labute approximate surface area is 72.6 Å². The third-order valence-corrected chi connectivity index (χ3v) is 1.29. The summed E-state index contributed by atoms with van der Waals surface area (Å²) < 4.78 is 38.8. The van der Waals surface area contributed by atoms with Crippen molar-refractivity contribution in [2.75, 3.05) is 0 Å². The molecule has 0 bridgehead atoms. The number of benzene rings is 1. The number of hydrogen-bond acceptors (Lipinski definition) is 2. The molecule has 0 heterocycles. The summed E-state index contributed by atoms with van der Waals surface area (Å²) in [6.45, 7) is -0.511. The predicted molar refractivity (Wildman–Crippen MR) is 37.9 cm³/mol. The third kappa shape index (κ3) is 2.95. The molecule has 0 aliphatic heterocycles. The Kier molecular flexibility index (Phi) is 2.77. The van der Waals surface area contributed by atoms with E-state index in [0.29, 0.717) is 0 Å². The molecule has 0 spiro atoms. The van der Waals surface area contributed by atoms with Crippen LogP contribution in [-0.4, -0.2) is 11.5 Å². The Bertz CT molecular complexity index is 283. The molecule has 0 fully saturated rings. The van der Waals surface area contributed by atoms with Gasteiger partial charge in [-0.1, -0.05) is 18.2 Å². The van der Waals surface area contributed by atoms with E-state index in [1.807, 2.05) is 0 Å². The van der Waals surface area contributed by atoms with Crippen molar-refractivity contribution in [2.45, 2.75) is 13.0 Å². The maximum atomic E-state index is 11.7. The highest BCUT2D eigenvalue weighted by Gasteiger charge is 2.31. The van der Waals surface area contributed by atoms with Gasteiger partial charge in [0.2, 0.25) is 0 Å². The molecule has 0 aliphatic carbocycles. The maximum Gasteiger partial charge on any atom is 0.573 e. The van der Waals surface area contributed by atoms with E-state index in [-0.39, 0.29) is 5.56 Å². The highest BCUT2D eigenvalue weighted by molar-refractivity contribution is 5.31. The van der Waals surface area contributed by atoms with Crippen LogP contribution in [0.5, 0.6) is 5.75 Å². The quantitative estimate of drug-likeness (QED) is 0.773. The fourth-order valence-electron chi connectivity index (χ4n) is 0.792. The van der Waals surface area contributed by atoms with E-state index in [4.69, 9.17) is 5.11 Å². The summed E-state index contributed by atoms with van der Waals surface area (Å²) in [4.78, 5) is 0. The summed E-state index contributed by atoms with van der Waals surface area (Å²) in [5, 5.41) is 8.65. The van der Waals surface area contributed by atoms with Gasteiger partial charge in [-0.15, -0.1) is 13.2 Å². The number of halogens is 3. The van der Waals surface area contributed by atoms with Crippen LogP contribution in [0.1, 0.15) is 5.56 Å². The van der Waals surface area contributed by atoms with Gasteiger partial charge in [-0.25, -0.2) is 0 Å². The molecule has 71 valence electrons. The van der Waals surface area contributed by atoms with Crippen LogP contribution in [0.2, 0.25) is 0 Å². The van der Waals surface area contributed by atoms with Crippen molar-refractivity contribution in [3.8, 4) is 5.75 Å². The van der Waals surface area contributed by atoms with Gasteiger partial charge in [-0.05, 0) is 0 Å². The lowest BCUT2D eigenvalue weighted by molar-refractivity contribution is -0.275. The minimum atomic E-state index is -4.75. The molecule has 0 saturated heterocycles. The van der Waals surface area contributed by atoms with E-state index in [0.717, 1.165) is 0 Å². The summed E-state index contributed by atoms with van der Waals surface area (Å²) in [5.74, 6) is -0.488. The number of hydrogen-bond donors (Lipinski definition) is 1. The predicted octanol–water partition coefficient (Wildman–Crippen LogP) is 1.88. The zero-order valence-corrected chi connectivity index (χ0v) is 6.43. The van der Waals surface area contributed by atoms with E-state index in [2.05, 4.69) is 10.8 Å². The fraction of sp³-hybridized carbons (Fsp3) is 0.250. The van der Waals surface area contributed by atoms with Gasteiger partial charge < -0.3 is 9.84 Å². The number of rotatable bonds is 2. The largest absolute Gasteiger partial charge is 0.573 e. The van der Waals surface area contributed by atoms with Gasteiger partial charge >= 0.3 is 6.36 Å². The van der Waals surface area contributed by atoms with Crippen molar-refractivity contribution in [3.05, 3.63) is 29.8 Å². The summed E-state index contributed by atoms with van der Waals surface area (Å²) in [7, 11) is 0. The molecule has 1 N–H and O–H groups in total. The SMILES string of the molecule is OCc1ccc[c]c1OC(F)(F)F. The molecule has 1 rings (SSSR count). The second-order valence-corrected chi connectivity index (χ2v) is 2.23. The van der Waals surface area contributed by atoms with Crippen molar-refractivity contribution >= 4 is 0 Å². The monoisotopic (exact) mass is 191 g/mol. The minimum Gasteiger partial charge on any atom is -0.405 e. The van der Waals surface area contributed by atoms with E-state index in [1.54, 1.807) is 0 Å². The van der Waals surface area contributed by atoms with Gasteiger partial charge in [0.05, 0.1) is 6.61 Å². The Balaban J connectivity index is 2.87. The molecule has 1 aromatic rings. The molecule has 0 atom stereocenters. The van der Waals surface area contributed by atoms with Crippen molar-refractivity contribution < 1.29 is 23.0 Å². The van der Waals surface area contributed by atoms with Crippen LogP contribution in [0.15, 0.2) is 18.2 Å². The summed E-state index contributed by atoms with van der Waals surface area (Å²) in [5.41, 5.74) is 0.0554. The minimum absolute atomic E-state index is 0.0554. The maximum absolute atomic E-state index is 11.7. The molecule has 0 saturated carbocycles. The van der Waals surface area contributed by atoms with Crippen LogP contribution in [0.3, 0.4) is 0 Å². The normalized spacial score (nSPS) is 11.4. The standard InChI is InChI=1S/C8H6F3O2/c9-8(10,11)13-7-4-2-1-3-6(7)5-12/h1-3,12H,5H2. The highest BCUT2D eigenvalue weighted by Crippen LogP contribution is 2.25. The van der Waals surface area contributed by atoms with E-state index in [1.165, 1.54) is 18.2 Å². The average Bonchev–Trinajstić information content (AvgIpc) is 2.02. The van der Waals surface area contributed by atoms with E-state index < -0.39 is 18.7 Å². The van der Waals surface area contributed by atoms with E-state index in [9.17, 15) is 13.2 Å². The lowest BCUT2D eigenvalue weighted by Gasteiger charge is -2.10. The van der Waals surface area contributed by atoms with Gasteiger partial charge in [-0.2, -0.15) is 0 Å². The second-order valence-electron chi connectivity index (χ2n) is 2.23. The molecule has 2 nitrogen and oxygen atoms in total. The Morgan fingerprint density at radius 2 is 2.15 bits per heavy atom. The molecule has 5 heteroatoms. The van der Waals surface area contributed by atoms with Crippen LogP contribution in [0.4, 0.5) is 13.2 Å². The van der Waals surface area contributed by atoms with Gasteiger partial charge in [0, 0.05) is 11.6 Å². The number of para-hydroxylation sites is 1. The molecular weight excluding hydrogens is 185 g/mol. The molecule has 13 heavy (non-hydrogen) atoms. The van der Waals surface area contributed by atoms with Gasteiger partial charge in [-0.3, -0.25) is 0 Å². The lowest BCUT2D eigenvalue weighted by Crippen LogP contribution is -2.18. The number of aliphatic hydroxyl groups is 1. The zero-order valence-electron chi connectivity index (χ0n) is 6.43. The van der Waals surface area contributed by atoms with Crippen LogP contribution in [0, 0.1) is 6.07 Å². The Hall–Kier alpha value is -1.23. The molecule has 1 radical (unpaired) electrons. The smallest absolute Gasteiger partial charge is 0.405 e. The van der Waals surface area contributed by atoms with Crippen molar-refractivity contribution in [2.24, 2.45) is 0 Å². The summed E-state index contributed by atoms with van der Waals surface area (Å²) in [6, 6.07) is 6.32. The molecule has 1 aromatic carbocycles. The topological polar surface area (TPSA) is 29.5 Å². The molecular formula is C8H6F3O2. The Morgan fingerprint density at radius 3 is 2.69 bits per heavy atom. The summed E-state index contributed by atoms with van der Waals surface area (Å²) in [6.07, 6.45) is -4.75. The lowest BCUT2D eigenvalue weighted by atomic mass is 10.2. The van der Waals surface area contributed by atoms with Gasteiger partial charge in [0.15, 0.2) is 0 Å². The third-order valence-electron chi connectivity index (χ3n) is 1.29. The molecule has 0 unspecified atom stereocenters. The van der Waals surface area contributed by atoms with Crippen molar-refractivity contribution in [1.29, 1.82) is 0 Å². The number of aliphatic hydroxyl groups excluding tert-OH is 1. The van der Waals surface area contributed by atoms with E-state index >= 15 is 0 Å². The van der Waals surface area contributed by atoms with Gasteiger partial charge in [0.25, 0.3) is 0 Å². The first kappa shape index (κ1) is 9.85. The molecule has 0 amide bonds. The fourth-order valence-corrected chi connectivity index (χ4v) is 0.792. The van der Waals surface area contributed by atoms with Crippen molar-refractivity contribution in [3.63, 3.8) is 0 Å². The Morgan fingerprint density at radius 1 is 1.46 bits per heavy atom. The first-order valence-corrected chi connectivity index (χ1v) is 3.39. The molecule has 0 aliphatic rings. The van der Waals surface area contributed by atoms with Gasteiger partial charge in [0.1, 0.15) is 5.75 Å². The second kappa shape index (κ2) is 3.66. The average molecular weight is 191 g/mol. The first-order valence-electron chi connectivity index (χ1n) is 3.39. The van der Waals surface area contributed by atoms with Crippen LogP contribution in [-0.2, 0) is 6.61 Å². The summed E-state index contributed by atoms with van der Waals surface area (Å²) >= 11 is 0.